The molecule has 2 saturated heterocycles. The second kappa shape index (κ2) is 12.3. The van der Waals surface area contributed by atoms with Crippen LogP contribution < -0.4 is 10.6 Å². The van der Waals surface area contributed by atoms with Gasteiger partial charge in [-0.25, -0.2) is 0 Å². The highest BCUT2D eigenvalue weighted by Gasteiger charge is 2.24. The van der Waals surface area contributed by atoms with Gasteiger partial charge in [-0.1, -0.05) is 0 Å². The third-order valence-electron chi connectivity index (χ3n) is 5.37. The van der Waals surface area contributed by atoms with Crippen molar-refractivity contribution in [2.45, 2.75) is 44.6 Å². The van der Waals surface area contributed by atoms with Gasteiger partial charge in [0.25, 0.3) is 0 Å². The topological polar surface area (TPSA) is 79.1 Å². The Hall–Kier alpha value is -1.29. The van der Waals surface area contributed by atoms with Gasteiger partial charge in [0.15, 0.2) is 5.96 Å². The molecule has 1 amide bonds. The Morgan fingerprint density at radius 3 is 2.79 bits per heavy atom. The number of carbonyl (C=O) groups excluding carboxylic acids is 1. The third-order valence-corrected chi connectivity index (χ3v) is 5.37. The van der Waals surface area contributed by atoms with Crippen molar-refractivity contribution in [3.63, 3.8) is 0 Å². The van der Waals surface area contributed by atoms with Crippen LogP contribution in [0.5, 0.6) is 0 Å². The number of halogens is 1. The lowest BCUT2D eigenvalue weighted by molar-refractivity contribution is -0.121. The first-order valence-electron chi connectivity index (χ1n) is 10.1. The summed E-state index contributed by atoms with van der Waals surface area (Å²) in [5.74, 6) is 2.53. The Morgan fingerprint density at radius 2 is 2.14 bits per heavy atom. The molecule has 2 N–H and O–H groups in total. The van der Waals surface area contributed by atoms with Crippen molar-refractivity contribution < 1.29 is 13.9 Å². The van der Waals surface area contributed by atoms with E-state index in [1.165, 1.54) is 0 Å². The summed E-state index contributed by atoms with van der Waals surface area (Å²) in [6.07, 6.45) is 7.68. The summed E-state index contributed by atoms with van der Waals surface area (Å²) in [5.41, 5.74) is 0. The monoisotopic (exact) mass is 504 g/mol. The summed E-state index contributed by atoms with van der Waals surface area (Å²) in [6.45, 7) is 4.21. The molecular weight excluding hydrogens is 471 g/mol. The molecule has 1 aromatic rings. The summed E-state index contributed by atoms with van der Waals surface area (Å²) in [7, 11) is 1.70. The number of rotatable bonds is 7. The number of piperidine rings is 1. The molecule has 1 aromatic heterocycles. The molecule has 158 valence electrons. The van der Waals surface area contributed by atoms with Crippen molar-refractivity contribution in [2.24, 2.45) is 10.9 Å². The van der Waals surface area contributed by atoms with Crippen LogP contribution in [0, 0.1) is 5.92 Å². The maximum absolute atomic E-state index is 11.6. The van der Waals surface area contributed by atoms with Gasteiger partial charge < -0.3 is 24.7 Å². The fourth-order valence-electron chi connectivity index (χ4n) is 3.71. The Kier molecular flexibility index (Phi) is 10.1. The van der Waals surface area contributed by atoms with Crippen LogP contribution >= 0.6 is 24.0 Å². The maximum Gasteiger partial charge on any atom is 0.220 e. The number of guanidine groups is 1. The number of carbonyl (C=O) groups is 1. The molecule has 8 heteroatoms. The smallest absolute Gasteiger partial charge is 0.220 e. The zero-order chi connectivity index (χ0) is 18.9. The molecule has 1 unspecified atom stereocenters. The number of hydrogen-bond acceptors (Lipinski definition) is 4. The number of furan rings is 1. The summed E-state index contributed by atoms with van der Waals surface area (Å²) in [5, 5.41) is 6.23. The largest absolute Gasteiger partial charge is 0.469 e. The van der Waals surface area contributed by atoms with Crippen LogP contribution in [0.4, 0.5) is 0 Å². The van der Waals surface area contributed by atoms with Gasteiger partial charge in [0.2, 0.25) is 5.91 Å². The second-order valence-electron chi connectivity index (χ2n) is 7.36. The van der Waals surface area contributed by atoms with Crippen LogP contribution in [0.15, 0.2) is 27.8 Å². The molecule has 0 saturated carbocycles. The Balaban J connectivity index is 0.00000280. The SMILES string of the molecule is CNC(=O)CC1CCN(C(=NCC2CCCO2)NCCc2ccco2)CC1.I. The molecular formula is C20H33IN4O3. The van der Waals surface area contributed by atoms with Crippen LogP contribution in [0.1, 0.15) is 37.9 Å². The number of nitrogens with one attached hydrogen (secondary N) is 2. The van der Waals surface area contributed by atoms with Gasteiger partial charge in [-0.3, -0.25) is 9.79 Å². The van der Waals surface area contributed by atoms with Gasteiger partial charge in [-0.15, -0.1) is 24.0 Å². The van der Waals surface area contributed by atoms with E-state index in [0.29, 0.717) is 18.9 Å². The fraction of sp³-hybridized carbons (Fsp3) is 0.700. The summed E-state index contributed by atoms with van der Waals surface area (Å²) < 4.78 is 11.1. The van der Waals surface area contributed by atoms with E-state index in [4.69, 9.17) is 14.1 Å². The van der Waals surface area contributed by atoms with Gasteiger partial charge in [0, 0.05) is 46.1 Å². The molecule has 0 bridgehead atoms. The number of ether oxygens (including phenoxy) is 1. The van der Waals surface area contributed by atoms with Crippen LogP contribution in [0.3, 0.4) is 0 Å². The molecule has 3 heterocycles. The Morgan fingerprint density at radius 1 is 1.32 bits per heavy atom. The van der Waals surface area contributed by atoms with Crippen molar-refractivity contribution >= 4 is 35.8 Å². The number of nitrogens with zero attached hydrogens (tertiary/aromatic N) is 2. The first-order valence-corrected chi connectivity index (χ1v) is 10.1. The van der Waals surface area contributed by atoms with Gasteiger partial charge >= 0.3 is 0 Å². The Labute approximate surface area is 184 Å². The second-order valence-corrected chi connectivity index (χ2v) is 7.36. The van der Waals surface area contributed by atoms with Crippen LogP contribution in [-0.2, 0) is 16.0 Å². The fourth-order valence-corrected chi connectivity index (χ4v) is 3.71. The first-order chi connectivity index (χ1) is 13.2. The molecule has 28 heavy (non-hydrogen) atoms. The molecule has 2 fully saturated rings. The van der Waals surface area contributed by atoms with Crippen LogP contribution in [-0.4, -0.2) is 62.7 Å². The average molecular weight is 504 g/mol. The van der Waals surface area contributed by atoms with E-state index in [9.17, 15) is 4.79 Å². The molecule has 2 aliphatic rings. The molecule has 1 atom stereocenters. The number of amides is 1. The number of hydrogen-bond donors (Lipinski definition) is 2. The molecule has 0 aromatic carbocycles. The molecule has 3 rings (SSSR count). The maximum atomic E-state index is 11.6. The average Bonchev–Trinajstić information content (AvgIpc) is 3.39. The highest BCUT2D eigenvalue weighted by molar-refractivity contribution is 14.0. The zero-order valence-corrected chi connectivity index (χ0v) is 19.0. The van der Waals surface area contributed by atoms with Crippen molar-refractivity contribution in [2.75, 3.05) is 39.8 Å². The predicted molar refractivity (Wildman–Crippen MR) is 120 cm³/mol. The lowest BCUT2D eigenvalue weighted by Crippen LogP contribution is -2.47. The number of likely N-dealkylation sites (tertiary alicyclic amines) is 1. The third kappa shape index (κ3) is 7.27. The summed E-state index contributed by atoms with van der Waals surface area (Å²) >= 11 is 0. The van der Waals surface area contributed by atoms with E-state index in [0.717, 1.165) is 70.1 Å². The molecule has 0 radical (unpaired) electrons. The van der Waals surface area contributed by atoms with E-state index in [-0.39, 0.29) is 36.0 Å². The van der Waals surface area contributed by atoms with Crippen LogP contribution in [0.25, 0.3) is 0 Å². The predicted octanol–water partition coefficient (Wildman–Crippen LogP) is 2.41. The molecule has 0 spiro atoms. The lowest BCUT2D eigenvalue weighted by Gasteiger charge is -2.34. The quantitative estimate of drug-likeness (QED) is 0.339. The molecule has 7 nitrogen and oxygen atoms in total. The Bertz CT molecular complexity index is 595. The van der Waals surface area contributed by atoms with Crippen molar-refractivity contribution in [3.05, 3.63) is 24.2 Å². The normalized spacial score (nSPS) is 20.7. The highest BCUT2D eigenvalue weighted by Crippen LogP contribution is 2.21. The van der Waals surface area contributed by atoms with Gasteiger partial charge in [0.05, 0.1) is 18.9 Å². The number of aliphatic imine (C=N–C) groups is 1. The van der Waals surface area contributed by atoms with Crippen molar-refractivity contribution in [3.8, 4) is 0 Å². The summed E-state index contributed by atoms with van der Waals surface area (Å²) in [6, 6.07) is 3.91. The van der Waals surface area contributed by atoms with E-state index < -0.39 is 0 Å². The van der Waals surface area contributed by atoms with Crippen LogP contribution in [0.2, 0.25) is 0 Å². The van der Waals surface area contributed by atoms with E-state index in [1.54, 1.807) is 13.3 Å². The first kappa shape index (κ1) is 23.0. The minimum Gasteiger partial charge on any atom is -0.469 e. The van der Waals surface area contributed by atoms with E-state index in [1.807, 2.05) is 12.1 Å². The van der Waals surface area contributed by atoms with Crippen molar-refractivity contribution in [1.29, 1.82) is 0 Å². The zero-order valence-electron chi connectivity index (χ0n) is 16.7. The van der Waals surface area contributed by atoms with Gasteiger partial charge in [-0.05, 0) is 43.7 Å². The molecule has 2 aliphatic heterocycles. The highest BCUT2D eigenvalue weighted by atomic mass is 127. The van der Waals surface area contributed by atoms with E-state index >= 15 is 0 Å². The molecule has 0 aliphatic carbocycles. The minimum atomic E-state index is 0. The van der Waals surface area contributed by atoms with Gasteiger partial charge in [-0.2, -0.15) is 0 Å². The lowest BCUT2D eigenvalue weighted by atomic mass is 9.93. The van der Waals surface area contributed by atoms with Crippen molar-refractivity contribution in [1.82, 2.24) is 15.5 Å². The van der Waals surface area contributed by atoms with E-state index in [2.05, 4.69) is 15.5 Å². The minimum absolute atomic E-state index is 0. The standard InChI is InChI=1S/C20H32N4O3.HI/c1-21-19(25)14-16-7-10-24(11-8-16)20(23-15-18-5-3-13-27-18)22-9-6-17-4-2-12-26-17;/h2,4,12,16,18H,3,5-11,13-15H2,1H3,(H,21,25)(H,22,23);1H. The van der Waals surface area contributed by atoms with Gasteiger partial charge in [0.1, 0.15) is 5.76 Å². The summed E-state index contributed by atoms with van der Waals surface area (Å²) in [4.78, 5) is 18.8.